The molecule has 3 N–H and O–H groups in total. The van der Waals surface area contributed by atoms with Gasteiger partial charge in [0.1, 0.15) is 13.2 Å². The molecule has 0 rings (SSSR count). The van der Waals surface area contributed by atoms with E-state index in [0.29, 0.717) is 17.4 Å². The van der Waals surface area contributed by atoms with E-state index in [0.717, 1.165) is 38.5 Å². The fourth-order valence-corrected chi connectivity index (χ4v) is 9.38. The average Bonchev–Trinajstić information content (AvgIpc) is 3.28. The van der Waals surface area contributed by atoms with Crippen molar-refractivity contribution in [1.29, 1.82) is 0 Å². The van der Waals surface area contributed by atoms with E-state index in [2.05, 4.69) is 31.3 Å². The number of carbonyl (C=O) groups excluding carboxylic acids is 1. The van der Waals surface area contributed by atoms with Gasteiger partial charge < -0.3 is 19.8 Å². The first-order chi connectivity index (χ1) is 32.0. The Labute approximate surface area is 411 Å². The van der Waals surface area contributed by atoms with E-state index in [1.807, 2.05) is 27.2 Å². The molecule has 1 amide bonds. The normalized spacial score (nSPS) is 14.1. The first-order valence-corrected chi connectivity index (χ1v) is 30.2. The summed E-state index contributed by atoms with van der Waals surface area (Å²) in [5, 5.41) is 13.9. The highest BCUT2D eigenvalue weighted by Crippen LogP contribution is 2.43. The molecule has 3 atom stereocenters. The van der Waals surface area contributed by atoms with Crippen LogP contribution in [0.1, 0.15) is 284 Å². The zero-order chi connectivity index (χ0) is 48.5. The van der Waals surface area contributed by atoms with Crippen LogP contribution in [-0.4, -0.2) is 73.4 Å². The number of amides is 1. The summed E-state index contributed by atoms with van der Waals surface area (Å²) in [6.45, 7) is 4.83. The van der Waals surface area contributed by atoms with Crippen LogP contribution >= 0.6 is 7.82 Å². The number of aliphatic hydroxyl groups is 1. The van der Waals surface area contributed by atoms with Crippen LogP contribution < -0.4 is 5.32 Å². The SMILES string of the molecule is CCCCCCCCCCCC/C=C/CC/C=C/C(O)C(COP(=O)(O)OCC[N+](C)(C)C)NC(=O)CCCCCCCCCCCCCCCCCCCCCCCCCCCCCC. The molecule has 0 saturated heterocycles. The van der Waals surface area contributed by atoms with E-state index in [9.17, 15) is 19.4 Å². The number of likely N-dealkylation sites (N-methyl/N-ethyl adjacent to an activating group) is 1. The van der Waals surface area contributed by atoms with E-state index in [-0.39, 0.29) is 19.1 Å². The van der Waals surface area contributed by atoms with Crippen LogP contribution in [0.2, 0.25) is 0 Å². The number of phosphoric ester groups is 1. The molecule has 3 unspecified atom stereocenters. The van der Waals surface area contributed by atoms with Gasteiger partial charge >= 0.3 is 7.82 Å². The predicted molar refractivity (Wildman–Crippen MR) is 286 cm³/mol. The summed E-state index contributed by atoms with van der Waals surface area (Å²) in [4.78, 5) is 23.3. The lowest BCUT2D eigenvalue weighted by atomic mass is 10.0. The van der Waals surface area contributed by atoms with Gasteiger partial charge in [-0.05, 0) is 32.1 Å². The number of nitrogens with one attached hydrogen (secondary N) is 1. The molecule has 0 fully saturated rings. The van der Waals surface area contributed by atoms with Crippen molar-refractivity contribution < 1.29 is 32.9 Å². The van der Waals surface area contributed by atoms with Crippen molar-refractivity contribution >= 4 is 13.7 Å². The summed E-state index contributed by atoms with van der Waals surface area (Å²) < 4.78 is 23.7. The van der Waals surface area contributed by atoms with Gasteiger partial charge in [-0.15, -0.1) is 0 Å². The van der Waals surface area contributed by atoms with Crippen LogP contribution in [0.4, 0.5) is 0 Å². The van der Waals surface area contributed by atoms with Crippen molar-refractivity contribution in [2.75, 3.05) is 40.9 Å². The number of unbranched alkanes of at least 4 members (excludes halogenated alkanes) is 38. The minimum absolute atomic E-state index is 0.0587. The second kappa shape index (κ2) is 49.0. The standard InChI is InChI=1S/C57H113N2O6P/c1-6-8-10-12-14-16-18-20-22-24-25-26-27-28-29-30-31-32-33-34-35-37-39-41-43-45-47-49-51-57(61)58-55(54-65-66(62,63)64-53-52-59(3,4)5)56(60)50-48-46-44-42-40-38-36-23-21-19-17-15-13-11-9-7-2/h40,42,48,50,55-56,60H,6-39,41,43-47,49,51-54H2,1-5H3,(H-,58,61,62,63)/p+1/b42-40+,50-48+. The highest BCUT2D eigenvalue weighted by molar-refractivity contribution is 7.47. The minimum atomic E-state index is -4.35. The predicted octanol–water partition coefficient (Wildman–Crippen LogP) is 17.2. The molecule has 66 heavy (non-hydrogen) atoms. The third-order valence-corrected chi connectivity index (χ3v) is 14.2. The van der Waals surface area contributed by atoms with Gasteiger partial charge in [0.2, 0.25) is 5.91 Å². The van der Waals surface area contributed by atoms with Crippen molar-refractivity contribution in [2.45, 2.75) is 296 Å². The van der Waals surface area contributed by atoms with Crippen molar-refractivity contribution in [2.24, 2.45) is 0 Å². The average molecular weight is 955 g/mol. The van der Waals surface area contributed by atoms with Crippen LogP contribution in [0.5, 0.6) is 0 Å². The van der Waals surface area contributed by atoms with Gasteiger partial charge in [-0.3, -0.25) is 13.8 Å². The molecule has 0 aliphatic rings. The third kappa shape index (κ3) is 50.8. The maximum Gasteiger partial charge on any atom is 0.472 e. The Kier molecular flexibility index (Phi) is 48.2. The fourth-order valence-electron chi connectivity index (χ4n) is 8.65. The van der Waals surface area contributed by atoms with Crippen molar-refractivity contribution in [3.63, 3.8) is 0 Å². The molecule has 0 aliphatic carbocycles. The van der Waals surface area contributed by atoms with Gasteiger partial charge in [0.25, 0.3) is 0 Å². The molecule has 0 heterocycles. The quantitative estimate of drug-likeness (QED) is 0.0243. The molecule has 392 valence electrons. The Balaban J connectivity index is 4.12. The minimum Gasteiger partial charge on any atom is -0.387 e. The molecule has 0 aromatic carbocycles. The van der Waals surface area contributed by atoms with E-state index in [1.54, 1.807) is 6.08 Å². The van der Waals surface area contributed by atoms with Crippen molar-refractivity contribution in [3.05, 3.63) is 24.3 Å². The lowest BCUT2D eigenvalue weighted by Crippen LogP contribution is -2.45. The Bertz CT molecular complexity index is 1130. The molecular weight excluding hydrogens is 840 g/mol. The van der Waals surface area contributed by atoms with Crippen LogP contribution in [0.3, 0.4) is 0 Å². The van der Waals surface area contributed by atoms with E-state index < -0.39 is 20.0 Å². The number of rotatable bonds is 53. The molecule has 0 saturated carbocycles. The Morgan fingerprint density at radius 3 is 1.21 bits per heavy atom. The summed E-state index contributed by atoms with van der Waals surface area (Å²) in [6, 6.07) is -0.859. The van der Waals surface area contributed by atoms with Crippen LogP contribution in [-0.2, 0) is 18.4 Å². The maximum absolute atomic E-state index is 13.0. The summed E-state index contributed by atoms with van der Waals surface area (Å²) in [5.41, 5.74) is 0. The lowest BCUT2D eigenvalue weighted by Gasteiger charge is -2.25. The monoisotopic (exact) mass is 954 g/mol. The summed E-state index contributed by atoms with van der Waals surface area (Å²) in [6.07, 6.45) is 61.5. The summed E-state index contributed by atoms with van der Waals surface area (Å²) >= 11 is 0. The first-order valence-electron chi connectivity index (χ1n) is 28.7. The van der Waals surface area contributed by atoms with Gasteiger partial charge in [-0.25, -0.2) is 4.57 Å². The molecule has 8 nitrogen and oxygen atoms in total. The lowest BCUT2D eigenvalue weighted by molar-refractivity contribution is -0.870. The van der Waals surface area contributed by atoms with Gasteiger partial charge in [0, 0.05) is 6.42 Å². The van der Waals surface area contributed by atoms with Gasteiger partial charge in [-0.2, -0.15) is 0 Å². The third-order valence-electron chi connectivity index (χ3n) is 13.2. The Hall–Kier alpha value is -1.02. The molecule has 0 aromatic heterocycles. The maximum atomic E-state index is 13.0. The molecule has 0 aliphatic heterocycles. The second-order valence-electron chi connectivity index (χ2n) is 21.0. The summed E-state index contributed by atoms with van der Waals surface area (Å²) in [7, 11) is 1.57. The number of hydrogen-bond donors (Lipinski definition) is 3. The number of aliphatic hydroxyl groups excluding tert-OH is 1. The number of quaternary nitrogens is 1. The first kappa shape index (κ1) is 65.0. The number of hydrogen-bond acceptors (Lipinski definition) is 5. The molecular formula is C57H114N2O6P+. The smallest absolute Gasteiger partial charge is 0.387 e. The number of nitrogens with zero attached hydrogens (tertiary/aromatic N) is 1. The van der Waals surface area contributed by atoms with Crippen LogP contribution in [0, 0.1) is 0 Å². The zero-order valence-corrected chi connectivity index (χ0v) is 45.6. The number of allylic oxidation sites excluding steroid dienone is 3. The molecule has 0 bridgehead atoms. The Morgan fingerprint density at radius 1 is 0.500 bits per heavy atom. The Morgan fingerprint density at radius 2 is 0.833 bits per heavy atom. The highest BCUT2D eigenvalue weighted by atomic mass is 31.2. The molecule has 9 heteroatoms. The largest absolute Gasteiger partial charge is 0.472 e. The van der Waals surface area contributed by atoms with Gasteiger partial charge in [0.05, 0.1) is 39.9 Å². The van der Waals surface area contributed by atoms with Crippen molar-refractivity contribution in [3.8, 4) is 0 Å². The van der Waals surface area contributed by atoms with E-state index in [1.165, 1.54) is 225 Å². The van der Waals surface area contributed by atoms with E-state index >= 15 is 0 Å². The fraction of sp³-hybridized carbons (Fsp3) is 0.912. The van der Waals surface area contributed by atoms with Gasteiger partial charge in [-0.1, -0.05) is 269 Å². The van der Waals surface area contributed by atoms with Crippen molar-refractivity contribution in [1.82, 2.24) is 5.32 Å². The van der Waals surface area contributed by atoms with Gasteiger partial charge in [0.15, 0.2) is 0 Å². The van der Waals surface area contributed by atoms with E-state index in [4.69, 9.17) is 9.05 Å². The number of phosphoric acid groups is 1. The highest BCUT2D eigenvalue weighted by Gasteiger charge is 2.27. The second-order valence-corrected chi connectivity index (χ2v) is 22.5. The molecule has 0 radical (unpaired) electrons. The van der Waals surface area contributed by atoms with Crippen LogP contribution in [0.15, 0.2) is 24.3 Å². The topological polar surface area (TPSA) is 105 Å². The molecule has 0 spiro atoms. The van der Waals surface area contributed by atoms with Crippen LogP contribution in [0.25, 0.3) is 0 Å². The molecule has 0 aromatic rings. The zero-order valence-electron chi connectivity index (χ0n) is 44.7. The number of carbonyl (C=O) groups is 1. The summed E-state index contributed by atoms with van der Waals surface area (Å²) in [5.74, 6) is -0.181.